The van der Waals surface area contributed by atoms with Crippen LogP contribution in [-0.4, -0.2) is 16.0 Å². The molecular weight excluding hydrogens is 469 g/mol. The number of carboxylic acid groups (broad SMARTS) is 1. The predicted molar refractivity (Wildman–Crippen MR) is 125 cm³/mol. The van der Waals surface area contributed by atoms with Crippen molar-refractivity contribution < 1.29 is 24.0 Å². The van der Waals surface area contributed by atoms with Gasteiger partial charge in [-0.1, -0.05) is 29.8 Å². The van der Waals surface area contributed by atoms with Crippen molar-refractivity contribution in [3.05, 3.63) is 104 Å². The van der Waals surface area contributed by atoms with Crippen molar-refractivity contribution in [1.82, 2.24) is 0 Å². The predicted octanol–water partition coefficient (Wildman–Crippen LogP) is 7.06. The second kappa shape index (κ2) is 9.40. The van der Waals surface area contributed by atoms with Crippen LogP contribution in [0.15, 0.2) is 72.1 Å². The Bertz CT molecular complexity index is 1350. The van der Waals surface area contributed by atoms with Crippen LogP contribution in [0, 0.1) is 15.9 Å². The van der Waals surface area contributed by atoms with E-state index in [9.17, 15) is 19.3 Å². The summed E-state index contributed by atoms with van der Waals surface area (Å²) in [6, 6.07) is 16.5. The van der Waals surface area contributed by atoms with Crippen LogP contribution in [0.25, 0.3) is 21.6 Å². The highest BCUT2D eigenvalue weighted by Crippen LogP contribution is 2.42. The zero-order valence-corrected chi connectivity index (χ0v) is 18.4. The van der Waals surface area contributed by atoms with Gasteiger partial charge in [0.05, 0.1) is 15.5 Å². The Morgan fingerprint density at radius 3 is 2.48 bits per heavy atom. The van der Waals surface area contributed by atoms with Crippen LogP contribution in [0.3, 0.4) is 0 Å². The molecule has 1 N–H and O–H groups in total. The second-order valence-electron chi connectivity index (χ2n) is 7.01. The molecule has 1 aromatic heterocycles. The highest BCUT2D eigenvalue weighted by molar-refractivity contribution is 7.14. The average molecular weight is 484 g/mol. The molecule has 0 fully saturated rings. The summed E-state index contributed by atoms with van der Waals surface area (Å²) < 4.78 is 19.3. The molecule has 0 saturated heterocycles. The first-order valence-corrected chi connectivity index (χ1v) is 10.9. The summed E-state index contributed by atoms with van der Waals surface area (Å²) in [6.07, 6.45) is 0. The highest BCUT2D eigenvalue weighted by atomic mass is 35.5. The summed E-state index contributed by atoms with van der Waals surface area (Å²) in [5.74, 6) is -1.10. The number of ether oxygens (including phenoxy) is 1. The Morgan fingerprint density at radius 2 is 1.82 bits per heavy atom. The van der Waals surface area contributed by atoms with Crippen molar-refractivity contribution >= 4 is 34.6 Å². The molecule has 0 aliphatic heterocycles. The number of nitrogens with zero attached hydrogens (tertiary/aromatic N) is 1. The molecule has 0 amide bonds. The van der Waals surface area contributed by atoms with E-state index in [1.165, 1.54) is 59.9 Å². The minimum Gasteiger partial charge on any atom is -0.488 e. The number of thiophene rings is 1. The molecule has 0 bridgehead atoms. The first kappa shape index (κ1) is 22.4. The van der Waals surface area contributed by atoms with Crippen molar-refractivity contribution in [3.63, 3.8) is 0 Å². The lowest BCUT2D eigenvalue weighted by Gasteiger charge is -2.13. The molecule has 4 aromatic rings. The van der Waals surface area contributed by atoms with Crippen LogP contribution in [0.4, 0.5) is 10.1 Å². The topological polar surface area (TPSA) is 89.7 Å². The number of hydrogen-bond acceptors (Lipinski definition) is 5. The molecule has 0 atom stereocenters. The summed E-state index contributed by atoms with van der Waals surface area (Å²) in [4.78, 5) is 22.9. The fourth-order valence-electron chi connectivity index (χ4n) is 3.27. The third-order valence-corrected chi connectivity index (χ3v) is 6.24. The molecule has 4 rings (SSSR count). The van der Waals surface area contributed by atoms with Gasteiger partial charge in [0.2, 0.25) is 0 Å². The number of aromatic carboxylic acids is 1. The van der Waals surface area contributed by atoms with E-state index in [0.29, 0.717) is 22.4 Å². The van der Waals surface area contributed by atoms with Crippen LogP contribution in [0.5, 0.6) is 5.75 Å². The van der Waals surface area contributed by atoms with Gasteiger partial charge in [0.1, 0.15) is 18.2 Å². The van der Waals surface area contributed by atoms with E-state index in [0.717, 1.165) is 10.4 Å². The number of benzene rings is 3. The molecule has 3 aromatic carbocycles. The Hall–Kier alpha value is -3.75. The smallest absolute Gasteiger partial charge is 0.335 e. The number of hydrogen-bond donors (Lipinski definition) is 1. The average Bonchev–Trinajstić information content (AvgIpc) is 3.28. The molecule has 0 spiro atoms. The Kier molecular flexibility index (Phi) is 6.39. The molecule has 1 heterocycles. The van der Waals surface area contributed by atoms with Gasteiger partial charge in [0.15, 0.2) is 0 Å². The minimum absolute atomic E-state index is 0.0384. The van der Waals surface area contributed by atoms with Gasteiger partial charge in [0, 0.05) is 33.7 Å². The molecule has 0 unspecified atom stereocenters. The van der Waals surface area contributed by atoms with E-state index < -0.39 is 16.7 Å². The summed E-state index contributed by atoms with van der Waals surface area (Å²) in [7, 11) is 0. The lowest BCUT2D eigenvalue weighted by molar-refractivity contribution is -0.384. The van der Waals surface area contributed by atoms with Crippen LogP contribution in [-0.2, 0) is 6.61 Å². The largest absolute Gasteiger partial charge is 0.488 e. The van der Waals surface area contributed by atoms with E-state index in [2.05, 4.69) is 0 Å². The Balaban J connectivity index is 1.74. The van der Waals surface area contributed by atoms with Crippen LogP contribution >= 0.6 is 22.9 Å². The van der Waals surface area contributed by atoms with Gasteiger partial charge in [-0.05, 0) is 47.3 Å². The number of carboxylic acids is 1. The number of rotatable bonds is 7. The first-order chi connectivity index (χ1) is 15.8. The monoisotopic (exact) mass is 483 g/mol. The molecular formula is C24H15ClFNO5S. The van der Waals surface area contributed by atoms with E-state index >= 15 is 0 Å². The highest BCUT2D eigenvalue weighted by Gasteiger charge is 2.19. The van der Waals surface area contributed by atoms with Crippen molar-refractivity contribution in [1.29, 1.82) is 0 Å². The normalized spacial score (nSPS) is 10.7. The van der Waals surface area contributed by atoms with Gasteiger partial charge in [-0.25, -0.2) is 9.18 Å². The Morgan fingerprint density at radius 1 is 1.06 bits per heavy atom. The molecule has 0 aliphatic carbocycles. The first-order valence-electron chi connectivity index (χ1n) is 9.60. The van der Waals surface area contributed by atoms with Gasteiger partial charge in [-0.3, -0.25) is 10.1 Å². The van der Waals surface area contributed by atoms with Gasteiger partial charge >= 0.3 is 5.97 Å². The maximum absolute atomic E-state index is 13.3. The third kappa shape index (κ3) is 4.87. The van der Waals surface area contributed by atoms with Crippen LogP contribution in [0.2, 0.25) is 5.02 Å². The van der Waals surface area contributed by atoms with Crippen molar-refractivity contribution in [2.24, 2.45) is 0 Å². The number of non-ortho nitro benzene ring substituents is 1. The van der Waals surface area contributed by atoms with E-state index in [1.807, 2.05) is 11.4 Å². The van der Waals surface area contributed by atoms with Crippen LogP contribution in [0.1, 0.15) is 15.9 Å². The van der Waals surface area contributed by atoms with Crippen molar-refractivity contribution in [2.45, 2.75) is 6.61 Å². The summed E-state index contributed by atoms with van der Waals surface area (Å²) >= 11 is 7.51. The maximum atomic E-state index is 13.3. The van der Waals surface area contributed by atoms with Crippen molar-refractivity contribution in [3.8, 4) is 27.3 Å². The van der Waals surface area contributed by atoms with Gasteiger partial charge < -0.3 is 9.84 Å². The van der Waals surface area contributed by atoms with Crippen LogP contribution < -0.4 is 4.74 Å². The lowest BCUT2D eigenvalue weighted by atomic mass is 10.0. The number of carbonyl (C=O) groups is 1. The summed E-state index contributed by atoms with van der Waals surface area (Å²) in [5, 5.41) is 22.6. The van der Waals surface area contributed by atoms with E-state index in [1.54, 1.807) is 12.1 Å². The SMILES string of the molecule is O=C(O)c1ccc(-c2sccc2-c2cc([N+](=O)[O-])ccc2OCc2ccc(F)cc2Cl)cc1. The fraction of sp³-hybridized carbons (Fsp3) is 0.0417. The lowest BCUT2D eigenvalue weighted by Crippen LogP contribution is -1.99. The summed E-state index contributed by atoms with van der Waals surface area (Å²) in [5.41, 5.74) is 2.59. The molecule has 6 nitrogen and oxygen atoms in total. The molecule has 0 aliphatic rings. The van der Waals surface area contributed by atoms with Crippen molar-refractivity contribution in [2.75, 3.05) is 0 Å². The number of nitro benzene ring substituents is 1. The zero-order chi connectivity index (χ0) is 23.5. The second-order valence-corrected chi connectivity index (χ2v) is 8.33. The minimum atomic E-state index is -1.03. The van der Waals surface area contributed by atoms with Gasteiger partial charge in [0.25, 0.3) is 5.69 Å². The third-order valence-electron chi connectivity index (χ3n) is 4.92. The standard InChI is InChI=1S/C24H15ClFNO5S/c25-21-11-17(26)6-5-16(21)13-32-22-8-7-18(27(30)31)12-20(22)19-9-10-33-23(19)14-1-3-15(4-2-14)24(28)29/h1-12H,13H2,(H,28,29). The van der Waals surface area contributed by atoms with Gasteiger partial charge in [-0.15, -0.1) is 11.3 Å². The fourth-order valence-corrected chi connectivity index (χ4v) is 4.41. The molecule has 166 valence electrons. The van der Waals surface area contributed by atoms with Gasteiger partial charge in [-0.2, -0.15) is 0 Å². The van der Waals surface area contributed by atoms with E-state index in [4.69, 9.17) is 21.4 Å². The Labute approximate surface area is 196 Å². The quantitative estimate of drug-likeness (QED) is 0.224. The number of nitro groups is 1. The van der Waals surface area contributed by atoms with E-state index in [-0.39, 0.29) is 22.9 Å². The molecule has 0 radical (unpaired) electrons. The number of halogens is 2. The molecule has 33 heavy (non-hydrogen) atoms. The summed E-state index contributed by atoms with van der Waals surface area (Å²) in [6.45, 7) is 0.0384. The zero-order valence-electron chi connectivity index (χ0n) is 16.8. The maximum Gasteiger partial charge on any atom is 0.335 e. The molecule has 0 saturated carbocycles. The molecule has 9 heteroatoms.